The van der Waals surface area contributed by atoms with Crippen LogP contribution in [0.3, 0.4) is 0 Å². The lowest BCUT2D eigenvalue weighted by atomic mass is 9.97. The molecule has 0 saturated carbocycles. The number of hydrogen-bond donors (Lipinski definition) is 1. The quantitative estimate of drug-likeness (QED) is 0.257. The molecule has 0 bridgehead atoms. The predicted molar refractivity (Wildman–Crippen MR) is 146 cm³/mol. The molecule has 2 aliphatic rings. The molecule has 2 aliphatic heterocycles. The molecule has 6 rings (SSSR count). The third-order valence-corrected chi connectivity index (χ3v) is 7.37. The van der Waals surface area contributed by atoms with Crippen molar-refractivity contribution >= 4 is 29.4 Å². The highest BCUT2D eigenvalue weighted by Gasteiger charge is 2.52. The van der Waals surface area contributed by atoms with Crippen LogP contribution in [0.15, 0.2) is 97.1 Å². The molecule has 0 spiro atoms. The van der Waals surface area contributed by atoms with Gasteiger partial charge in [-0.15, -0.1) is 12.6 Å². The van der Waals surface area contributed by atoms with E-state index >= 15 is 0 Å². The molecule has 2 fully saturated rings. The van der Waals surface area contributed by atoms with E-state index < -0.39 is 42.1 Å². The van der Waals surface area contributed by atoms with Crippen LogP contribution in [0.4, 0.5) is 0 Å². The number of carbonyl (C=O) groups excluding carboxylic acids is 1. The Morgan fingerprint density at radius 2 is 1.55 bits per heavy atom. The van der Waals surface area contributed by atoms with Crippen molar-refractivity contribution in [2.24, 2.45) is 0 Å². The van der Waals surface area contributed by atoms with Crippen LogP contribution in [-0.4, -0.2) is 42.4 Å². The van der Waals surface area contributed by atoms with Crippen LogP contribution in [0.25, 0.3) is 10.8 Å². The van der Waals surface area contributed by atoms with Crippen molar-refractivity contribution in [3.05, 3.63) is 114 Å². The minimum Gasteiger partial charge on any atom is -0.483 e. The lowest BCUT2D eigenvalue weighted by Gasteiger charge is -2.48. The van der Waals surface area contributed by atoms with E-state index in [9.17, 15) is 4.79 Å². The molecule has 6 nitrogen and oxygen atoms in total. The predicted octanol–water partition coefficient (Wildman–Crippen LogP) is 5.89. The summed E-state index contributed by atoms with van der Waals surface area (Å²) in [5.74, 6) is 0.230. The van der Waals surface area contributed by atoms with Gasteiger partial charge in [-0.25, -0.2) is 4.79 Å². The number of fused-ring (bicyclic) bond motifs is 2. The van der Waals surface area contributed by atoms with Crippen molar-refractivity contribution in [3.63, 3.8) is 0 Å². The Hall–Kier alpha value is -3.36. The van der Waals surface area contributed by atoms with Crippen LogP contribution in [0.1, 0.15) is 27.8 Å². The van der Waals surface area contributed by atoms with Gasteiger partial charge in [-0.05, 0) is 30.0 Å². The largest absolute Gasteiger partial charge is 0.483 e. The summed E-state index contributed by atoms with van der Waals surface area (Å²) in [6, 6.07) is 30.7. The summed E-state index contributed by atoms with van der Waals surface area (Å²) < 4.78 is 31.5. The van der Waals surface area contributed by atoms with Gasteiger partial charge in [0.05, 0.1) is 12.2 Å². The molecular formula is C31H28O6S. The van der Waals surface area contributed by atoms with Crippen LogP contribution in [0, 0.1) is 6.92 Å². The second-order valence-corrected chi connectivity index (χ2v) is 10.0. The third kappa shape index (κ3) is 4.90. The zero-order valence-corrected chi connectivity index (χ0v) is 21.7. The molecule has 0 amide bonds. The first kappa shape index (κ1) is 24.9. The van der Waals surface area contributed by atoms with Gasteiger partial charge < -0.3 is 23.7 Å². The monoisotopic (exact) mass is 528 g/mol. The molecule has 0 aromatic heterocycles. The fraction of sp³-hybridized carbons (Fsp3) is 0.258. The lowest BCUT2D eigenvalue weighted by Crippen LogP contribution is -2.63. The van der Waals surface area contributed by atoms with Gasteiger partial charge in [-0.2, -0.15) is 0 Å². The van der Waals surface area contributed by atoms with Crippen molar-refractivity contribution in [1.29, 1.82) is 0 Å². The zero-order chi connectivity index (χ0) is 26.1. The van der Waals surface area contributed by atoms with E-state index in [2.05, 4.69) is 18.7 Å². The molecule has 0 N–H and O–H groups in total. The SMILES string of the molecule is Cc1ccc2ccccc2c1O[C@@H]1[C@@H](OC(=O)c2ccccc2)[C@H](S)O[C@@H]2COC(c3ccccc3)O[C@@H]12. The lowest BCUT2D eigenvalue weighted by molar-refractivity contribution is -0.314. The van der Waals surface area contributed by atoms with Crippen molar-refractivity contribution in [1.82, 2.24) is 0 Å². The molecule has 38 heavy (non-hydrogen) atoms. The Morgan fingerprint density at radius 3 is 2.34 bits per heavy atom. The van der Waals surface area contributed by atoms with E-state index in [4.69, 9.17) is 23.7 Å². The smallest absolute Gasteiger partial charge is 0.338 e. The Morgan fingerprint density at radius 1 is 0.842 bits per heavy atom. The summed E-state index contributed by atoms with van der Waals surface area (Å²) in [5, 5.41) is 2.01. The molecule has 0 radical (unpaired) electrons. The maximum Gasteiger partial charge on any atom is 0.338 e. The summed E-state index contributed by atoms with van der Waals surface area (Å²) in [5.41, 5.74) is 1.54. The van der Waals surface area contributed by atoms with E-state index in [1.807, 2.05) is 73.7 Å². The maximum absolute atomic E-state index is 13.1. The molecule has 7 heteroatoms. The van der Waals surface area contributed by atoms with Gasteiger partial charge >= 0.3 is 5.97 Å². The molecule has 0 aliphatic carbocycles. The van der Waals surface area contributed by atoms with Crippen molar-refractivity contribution in [3.8, 4) is 5.75 Å². The third-order valence-electron chi connectivity index (χ3n) is 6.96. The van der Waals surface area contributed by atoms with Crippen LogP contribution in [0.5, 0.6) is 5.75 Å². The van der Waals surface area contributed by atoms with Crippen molar-refractivity contribution in [2.75, 3.05) is 6.61 Å². The maximum atomic E-state index is 13.1. The van der Waals surface area contributed by atoms with Gasteiger partial charge in [-0.3, -0.25) is 0 Å². The zero-order valence-electron chi connectivity index (χ0n) is 20.8. The first-order valence-electron chi connectivity index (χ1n) is 12.6. The molecule has 2 heterocycles. The van der Waals surface area contributed by atoms with E-state index in [1.54, 1.807) is 24.3 Å². The second-order valence-electron chi connectivity index (χ2n) is 9.49. The average molecular weight is 529 g/mol. The topological polar surface area (TPSA) is 63.2 Å². The standard InChI is InChI=1S/C31H28O6S/c1-19-16-17-20-10-8-9-15-23(20)25(19)35-27-26-24(18-33-30(37-26)22-13-6-3-7-14-22)34-31(38)28(27)36-29(32)21-11-4-2-5-12-21/h2-17,24,26-28,30-31,38H,18H2,1H3/t24-,26-,27+,28-,30?,31+/m1/s1. The molecule has 6 atom stereocenters. The number of carbonyl (C=O) groups is 1. The van der Waals surface area contributed by atoms with Crippen LogP contribution < -0.4 is 4.74 Å². The Bertz CT molecular complexity index is 1410. The fourth-order valence-electron chi connectivity index (χ4n) is 5.01. The highest BCUT2D eigenvalue weighted by Crippen LogP contribution is 2.40. The molecule has 2 saturated heterocycles. The molecule has 4 aromatic carbocycles. The number of rotatable bonds is 5. The summed E-state index contributed by atoms with van der Waals surface area (Å²) in [7, 11) is 0. The van der Waals surface area contributed by atoms with Gasteiger partial charge in [-0.1, -0.05) is 84.9 Å². The summed E-state index contributed by atoms with van der Waals surface area (Å²) in [6.45, 7) is 2.29. The van der Waals surface area contributed by atoms with E-state index in [-0.39, 0.29) is 6.61 Å². The van der Waals surface area contributed by atoms with Gasteiger partial charge in [0.25, 0.3) is 0 Å². The molecule has 1 unspecified atom stereocenters. The first-order valence-corrected chi connectivity index (χ1v) is 13.2. The van der Waals surface area contributed by atoms with Gasteiger partial charge in [0.1, 0.15) is 23.4 Å². The van der Waals surface area contributed by atoms with Gasteiger partial charge in [0.15, 0.2) is 18.5 Å². The number of aryl methyl sites for hydroxylation is 1. The average Bonchev–Trinajstić information content (AvgIpc) is 2.96. The van der Waals surface area contributed by atoms with E-state index in [1.165, 1.54) is 0 Å². The van der Waals surface area contributed by atoms with Gasteiger partial charge in [0, 0.05) is 10.9 Å². The number of hydrogen-bond acceptors (Lipinski definition) is 7. The normalized spacial score (nSPS) is 26.9. The second kappa shape index (κ2) is 10.8. The molecular weight excluding hydrogens is 500 g/mol. The Labute approximate surface area is 226 Å². The summed E-state index contributed by atoms with van der Waals surface area (Å²) in [6.07, 6.45) is -3.19. The van der Waals surface area contributed by atoms with Gasteiger partial charge in [0.2, 0.25) is 0 Å². The minimum absolute atomic E-state index is 0.287. The number of ether oxygens (including phenoxy) is 5. The first-order chi connectivity index (χ1) is 18.6. The number of benzene rings is 4. The highest BCUT2D eigenvalue weighted by molar-refractivity contribution is 7.80. The van der Waals surface area contributed by atoms with Crippen molar-refractivity contribution in [2.45, 2.75) is 43.1 Å². The number of thiol groups is 1. The summed E-state index contributed by atoms with van der Waals surface area (Å²) >= 11 is 4.69. The van der Waals surface area contributed by atoms with Crippen LogP contribution >= 0.6 is 12.6 Å². The fourth-order valence-corrected chi connectivity index (χ4v) is 5.40. The molecule has 194 valence electrons. The number of esters is 1. The van der Waals surface area contributed by atoms with Crippen LogP contribution in [-0.2, 0) is 18.9 Å². The highest BCUT2D eigenvalue weighted by atomic mass is 32.1. The summed E-state index contributed by atoms with van der Waals surface area (Å²) in [4.78, 5) is 13.1. The Balaban J connectivity index is 1.38. The molecule has 4 aromatic rings. The Kier molecular flexibility index (Phi) is 7.08. The minimum atomic E-state index is -0.847. The van der Waals surface area contributed by atoms with Crippen molar-refractivity contribution < 1.29 is 28.5 Å². The van der Waals surface area contributed by atoms with E-state index in [0.29, 0.717) is 11.3 Å². The van der Waals surface area contributed by atoms with Crippen LogP contribution in [0.2, 0.25) is 0 Å². The van der Waals surface area contributed by atoms with E-state index in [0.717, 1.165) is 21.9 Å².